The Bertz CT molecular complexity index is 574. The van der Waals surface area contributed by atoms with Gasteiger partial charge in [-0.15, -0.1) is 0 Å². The fourth-order valence-electron chi connectivity index (χ4n) is 4.65. The summed E-state index contributed by atoms with van der Waals surface area (Å²) in [6.45, 7) is 14.2. The zero-order valence-electron chi connectivity index (χ0n) is 14.0. The van der Waals surface area contributed by atoms with Gasteiger partial charge in [-0.3, -0.25) is 0 Å². The van der Waals surface area contributed by atoms with Crippen molar-refractivity contribution in [2.45, 2.75) is 51.0 Å². The normalized spacial score (nSPS) is 28.3. The van der Waals surface area contributed by atoms with Crippen LogP contribution in [0.25, 0.3) is 0 Å². The van der Waals surface area contributed by atoms with Crippen molar-refractivity contribution >= 4 is 0 Å². The Balaban J connectivity index is 0.00000110. The third-order valence-electron chi connectivity index (χ3n) is 5.72. The van der Waals surface area contributed by atoms with Crippen molar-refractivity contribution in [2.75, 3.05) is 0 Å². The van der Waals surface area contributed by atoms with E-state index in [1.807, 2.05) is 7.76 Å². The molecular weight excluding hydrogens is 335 g/mol. The van der Waals surface area contributed by atoms with Crippen molar-refractivity contribution in [2.24, 2.45) is 11.8 Å². The van der Waals surface area contributed by atoms with E-state index in [9.17, 15) is 0 Å². The van der Waals surface area contributed by atoms with Crippen LogP contribution >= 0.6 is 0 Å². The molecule has 3 heteroatoms. The fraction of sp³-hybridized carbons (Fsp3) is 0.556. The average Bonchev–Trinajstić information content (AvgIpc) is 2.98. The minimum Gasteiger partial charge on any atom is -1.00 e. The SMILES string of the molecule is CC1=CC(C)[C]([Ti+2]2([C]3=C(C)C=C(C)C3C)[CH2][CH2]2)=C1C.[Cl-].[Cl-]. The van der Waals surface area contributed by atoms with E-state index in [4.69, 9.17) is 0 Å². The summed E-state index contributed by atoms with van der Waals surface area (Å²) in [5.74, 6) is 1.45. The molecule has 116 valence electrons. The topological polar surface area (TPSA) is 0 Å². The molecule has 0 aromatic rings. The second-order valence-corrected chi connectivity index (χ2v) is 13.6. The van der Waals surface area contributed by atoms with Gasteiger partial charge in [0.05, 0.1) is 0 Å². The summed E-state index contributed by atoms with van der Waals surface area (Å²) in [6.07, 6.45) is 4.97. The molecule has 1 aliphatic heterocycles. The Labute approximate surface area is 146 Å². The minimum atomic E-state index is -1.86. The Morgan fingerprint density at radius 1 is 0.952 bits per heavy atom. The number of halogens is 2. The zero-order chi connectivity index (χ0) is 13.9. The third-order valence-corrected chi connectivity index (χ3v) is 13.9. The van der Waals surface area contributed by atoms with Crippen LogP contribution in [0.3, 0.4) is 0 Å². The number of hydrogen-bond donors (Lipinski definition) is 0. The van der Waals surface area contributed by atoms with Gasteiger partial charge in [0.1, 0.15) is 0 Å². The van der Waals surface area contributed by atoms with Crippen LogP contribution in [0.5, 0.6) is 0 Å². The van der Waals surface area contributed by atoms with Crippen LogP contribution in [0, 0.1) is 11.8 Å². The summed E-state index contributed by atoms with van der Waals surface area (Å²) in [6, 6.07) is 0. The van der Waals surface area contributed by atoms with E-state index < -0.39 is 16.6 Å². The van der Waals surface area contributed by atoms with E-state index in [-0.39, 0.29) is 24.8 Å². The van der Waals surface area contributed by atoms with Gasteiger partial charge in [0.2, 0.25) is 0 Å². The third kappa shape index (κ3) is 2.78. The van der Waals surface area contributed by atoms with Gasteiger partial charge < -0.3 is 24.8 Å². The molecule has 3 aliphatic rings. The van der Waals surface area contributed by atoms with Crippen molar-refractivity contribution < 1.29 is 41.4 Å². The van der Waals surface area contributed by atoms with Crippen molar-refractivity contribution in [3.05, 3.63) is 42.2 Å². The number of allylic oxidation sites excluding steroid dienone is 8. The van der Waals surface area contributed by atoms with Gasteiger partial charge in [-0.25, -0.2) is 0 Å². The zero-order valence-corrected chi connectivity index (χ0v) is 17.1. The molecule has 0 radical (unpaired) electrons. The molecule has 1 heterocycles. The summed E-state index contributed by atoms with van der Waals surface area (Å²) in [5.41, 5.74) is 6.42. The first-order valence-electron chi connectivity index (χ1n) is 7.68. The second-order valence-electron chi connectivity index (χ2n) is 6.97. The summed E-state index contributed by atoms with van der Waals surface area (Å²) in [7, 11) is 0. The van der Waals surface area contributed by atoms with Gasteiger partial charge in [-0.2, -0.15) is 0 Å². The van der Waals surface area contributed by atoms with Gasteiger partial charge in [0.15, 0.2) is 0 Å². The molecule has 0 saturated carbocycles. The smallest absolute Gasteiger partial charge is 1.00 e. The van der Waals surface area contributed by atoms with Gasteiger partial charge in [-0.05, 0) is 0 Å². The molecule has 2 atom stereocenters. The van der Waals surface area contributed by atoms with Crippen LogP contribution in [-0.2, 0) is 16.6 Å². The summed E-state index contributed by atoms with van der Waals surface area (Å²) in [5, 5.41) is 0. The molecule has 1 saturated heterocycles. The molecule has 1 fully saturated rings. The maximum absolute atomic E-state index is 2.51. The molecule has 0 amide bonds. The van der Waals surface area contributed by atoms with Crippen LogP contribution in [0.2, 0.25) is 9.45 Å². The Kier molecular flexibility index (Phi) is 5.88. The van der Waals surface area contributed by atoms with Gasteiger partial charge in [0.25, 0.3) is 0 Å². The predicted octanol–water partition coefficient (Wildman–Crippen LogP) is -0.261. The average molecular weight is 361 g/mol. The standard InChI is InChI=1S/2C8H11.C2H4.2ClH.Ti/c2*1-6-4-7(2)8(3)5-6;1-2;;;/h4,8H,1-3H3;4,6H,1-3H3;1-2H2;2*1H;/q;;;;;+2/p-2. The van der Waals surface area contributed by atoms with Crippen molar-refractivity contribution in [3.8, 4) is 0 Å². The van der Waals surface area contributed by atoms with E-state index in [1.54, 1.807) is 31.7 Å². The molecule has 3 rings (SSSR count). The van der Waals surface area contributed by atoms with Crippen LogP contribution in [0.15, 0.2) is 42.2 Å². The molecule has 0 spiro atoms. The van der Waals surface area contributed by atoms with E-state index in [1.165, 1.54) is 0 Å². The number of rotatable bonds is 2. The quantitative estimate of drug-likeness (QED) is 0.595. The van der Waals surface area contributed by atoms with Crippen molar-refractivity contribution in [3.63, 3.8) is 0 Å². The minimum absolute atomic E-state index is 0. The van der Waals surface area contributed by atoms with E-state index in [0.717, 1.165) is 11.8 Å². The van der Waals surface area contributed by atoms with Crippen molar-refractivity contribution in [1.29, 1.82) is 0 Å². The molecular formula is C18H26Cl2Ti. The molecule has 2 aliphatic carbocycles. The fourth-order valence-corrected chi connectivity index (χ4v) is 14.6. The van der Waals surface area contributed by atoms with Gasteiger partial charge in [-0.1, -0.05) is 0 Å². The Hall–Kier alpha value is 0.254. The maximum atomic E-state index is 2.51. The first-order chi connectivity index (χ1) is 8.88. The predicted molar refractivity (Wildman–Crippen MR) is 80.9 cm³/mol. The van der Waals surface area contributed by atoms with E-state index >= 15 is 0 Å². The van der Waals surface area contributed by atoms with Crippen LogP contribution in [0.1, 0.15) is 41.5 Å². The van der Waals surface area contributed by atoms with Gasteiger partial charge in [0, 0.05) is 0 Å². The van der Waals surface area contributed by atoms with E-state index in [2.05, 4.69) is 53.7 Å². The van der Waals surface area contributed by atoms with Gasteiger partial charge >= 0.3 is 122 Å². The number of hydrogen-bond acceptors (Lipinski definition) is 0. The monoisotopic (exact) mass is 360 g/mol. The molecule has 21 heavy (non-hydrogen) atoms. The summed E-state index contributed by atoms with van der Waals surface area (Å²) < 4.78 is 6.94. The molecule has 0 N–H and O–H groups in total. The Morgan fingerprint density at radius 3 is 1.86 bits per heavy atom. The molecule has 2 unspecified atom stereocenters. The maximum Gasteiger partial charge on any atom is -1.00 e. The Morgan fingerprint density at radius 2 is 1.52 bits per heavy atom. The largest absolute Gasteiger partial charge is 1.00 e. The van der Waals surface area contributed by atoms with Crippen molar-refractivity contribution in [1.82, 2.24) is 0 Å². The second kappa shape index (κ2) is 6.40. The van der Waals surface area contributed by atoms with Crippen LogP contribution in [-0.4, -0.2) is 0 Å². The molecule has 0 aromatic heterocycles. The first-order valence-corrected chi connectivity index (χ1v) is 11.4. The van der Waals surface area contributed by atoms with Crippen LogP contribution < -0.4 is 24.8 Å². The molecule has 0 bridgehead atoms. The first kappa shape index (κ1) is 19.3. The molecule has 0 nitrogen and oxygen atoms in total. The molecule has 0 aromatic carbocycles. The van der Waals surface area contributed by atoms with Crippen LogP contribution in [0.4, 0.5) is 0 Å². The summed E-state index contributed by atoms with van der Waals surface area (Å²) in [4.78, 5) is 0. The van der Waals surface area contributed by atoms with E-state index in [0.29, 0.717) is 0 Å². The summed E-state index contributed by atoms with van der Waals surface area (Å²) >= 11 is -1.86.